The van der Waals surface area contributed by atoms with Crippen LogP contribution in [0, 0.1) is 0 Å². The zero-order valence-corrected chi connectivity index (χ0v) is 11.8. The molecule has 0 rings (SSSR count). The Balaban J connectivity index is 3.25. The van der Waals surface area contributed by atoms with Crippen LogP contribution in [0.3, 0.4) is 0 Å². The van der Waals surface area contributed by atoms with Crippen molar-refractivity contribution in [3.05, 3.63) is 11.6 Å². The van der Waals surface area contributed by atoms with Gasteiger partial charge >= 0.3 is 5.97 Å². The molecule has 0 bridgehead atoms. The van der Waals surface area contributed by atoms with Crippen molar-refractivity contribution in [3.63, 3.8) is 0 Å². The van der Waals surface area contributed by atoms with E-state index >= 15 is 0 Å². The third-order valence-corrected chi connectivity index (χ3v) is 2.72. The van der Waals surface area contributed by atoms with Crippen molar-refractivity contribution < 1.29 is 9.53 Å². The molecule has 0 fully saturated rings. The van der Waals surface area contributed by atoms with Crippen LogP contribution in [-0.4, -0.2) is 12.6 Å². The monoisotopic (exact) mass is 240 g/mol. The predicted octanol–water partition coefficient (Wildman–Crippen LogP) is 4.64. The molecule has 0 spiro atoms. The molecule has 0 saturated heterocycles. The molecular weight excluding hydrogens is 212 g/mol. The van der Waals surface area contributed by atoms with E-state index in [4.69, 9.17) is 4.74 Å². The third-order valence-electron chi connectivity index (χ3n) is 2.72. The van der Waals surface area contributed by atoms with E-state index in [0.29, 0.717) is 13.0 Å². The van der Waals surface area contributed by atoms with Gasteiger partial charge in [-0.3, -0.25) is 4.79 Å². The number of hydrogen-bond acceptors (Lipinski definition) is 2. The quantitative estimate of drug-likeness (QED) is 0.316. The Labute approximate surface area is 106 Å². The second-order valence-corrected chi connectivity index (χ2v) is 4.84. The fourth-order valence-electron chi connectivity index (χ4n) is 1.60. The number of unbranched alkanes of at least 4 members (excludes halogenated alkanes) is 6. The normalized spacial score (nSPS) is 10.1. The molecule has 0 amide bonds. The number of ether oxygens (including phenoxy) is 1. The van der Waals surface area contributed by atoms with Crippen LogP contribution in [0.25, 0.3) is 0 Å². The predicted molar refractivity (Wildman–Crippen MR) is 73.0 cm³/mol. The van der Waals surface area contributed by atoms with E-state index in [-0.39, 0.29) is 5.97 Å². The second kappa shape index (κ2) is 11.7. The summed E-state index contributed by atoms with van der Waals surface area (Å²) >= 11 is 0. The minimum absolute atomic E-state index is 0.0592. The number of allylic oxidation sites excluding steroid dienone is 1. The van der Waals surface area contributed by atoms with Crippen molar-refractivity contribution in [1.29, 1.82) is 0 Å². The lowest BCUT2D eigenvalue weighted by molar-refractivity contribution is -0.142. The Morgan fingerprint density at radius 2 is 1.59 bits per heavy atom. The molecule has 0 saturated carbocycles. The maximum absolute atomic E-state index is 11.3. The van der Waals surface area contributed by atoms with E-state index in [2.05, 4.69) is 6.92 Å². The van der Waals surface area contributed by atoms with Gasteiger partial charge in [-0.05, 0) is 26.3 Å². The van der Waals surface area contributed by atoms with Gasteiger partial charge in [-0.1, -0.05) is 51.0 Å². The molecule has 0 aliphatic carbocycles. The fraction of sp³-hybridized carbons (Fsp3) is 0.800. The first kappa shape index (κ1) is 16.2. The lowest BCUT2D eigenvalue weighted by atomic mass is 10.1. The van der Waals surface area contributed by atoms with Gasteiger partial charge in [0.15, 0.2) is 0 Å². The molecule has 0 aromatic carbocycles. The maximum atomic E-state index is 11.3. The van der Waals surface area contributed by atoms with E-state index in [1.165, 1.54) is 37.7 Å². The standard InChI is InChI=1S/C15H28O2/c1-4-5-6-7-8-9-10-11-15(16)17-13-12-14(2)3/h12H,4-11,13H2,1-3H3. The molecule has 0 aliphatic heterocycles. The maximum Gasteiger partial charge on any atom is 0.306 e. The van der Waals surface area contributed by atoms with Gasteiger partial charge in [0, 0.05) is 6.42 Å². The van der Waals surface area contributed by atoms with E-state index in [0.717, 1.165) is 12.8 Å². The highest BCUT2D eigenvalue weighted by Gasteiger charge is 2.01. The number of carbonyl (C=O) groups is 1. The van der Waals surface area contributed by atoms with E-state index in [1.54, 1.807) is 0 Å². The van der Waals surface area contributed by atoms with Crippen LogP contribution in [0.15, 0.2) is 11.6 Å². The van der Waals surface area contributed by atoms with Crippen molar-refractivity contribution in [2.45, 2.75) is 72.1 Å². The molecule has 0 aliphatic rings. The third kappa shape index (κ3) is 13.1. The van der Waals surface area contributed by atoms with Crippen LogP contribution >= 0.6 is 0 Å². The number of esters is 1. The summed E-state index contributed by atoms with van der Waals surface area (Å²) in [6, 6.07) is 0. The molecule has 0 heterocycles. The first-order valence-electron chi connectivity index (χ1n) is 6.95. The second-order valence-electron chi connectivity index (χ2n) is 4.84. The van der Waals surface area contributed by atoms with Gasteiger partial charge in [0.2, 0.25) is 0 Å². The summed E-state index contributed by atoms with van der Waals surface area (Å²) in [6.45, 7) is 6.66. The summed E-state index contributed by atoms with van der Waals surface area (Å²) in [5, 5.41) is 0. The number of hydrogen-bond donors (Lipinski definition) is 0. The van der Waals surface area contributed by atoms with E-state index in [1.807, 2.05) is 19.9 Å². The van der Waals surface area contributed by atoms with Crippen LogP contribution in [0.5, 0.6) is 0 Å². The SMILES string of the molecule is CCCCCCCCCC(=O)OCC=C(C)C. The van der Waals surface area contributed by atoms with Crippen molar-refractivity contribution in [3.8, 4) is 0 Å². The molecule has 0 atom stereocenters. The smallest absolute Gasteiger partial charge is 0.306 e. The summed E-state index contributed by atoms with van der Waals surface area (Å²) in [5.74, 6) is -0.0592. The van der Waals surface area contributed by atoms with Crippen LogP contribution in [-0.2, 0) is 9.53 Å². The highest BCUT2D eigenvalue weighted by Crippen LogP contribution is 2.08. The largest absolute Gasteiger partial charge is 0.461 e. The zero-order chi connectivity index (χ0) is 12.9. The van der Waals surface area contributed by atoms with E-state index in [9.17, 15) is 4.79 Å². The van der Waals surface area contributed by atoms with Gasteiger partial charge in [-0.15, -0.1) is 0 Å². The van der Waals surface area contributed by atoms with Gasteiger partial charge in [-0.25, -0.2) is 0 Å². The molecule has 100 valence electrons. The first-order chi connectivity index (χ1) is 8.16. The number of carbonyl (C=O) groups excluding carboxylic acids is 1. The van der Waals surface area contributed by atoms with Crippen LogP contribution in [0.2, 0.25) is 0 Å². The molecule has 2 nitrogen and oxygen atoms in total. The molecular formula is C15H28O2. The molecule has 0 radical (unpaired) electrons. The van der Waals surface area contributed by atoms with Crippen molar-refractivity contribution in [2.75, 3.05) is 6.61 Å². The van der Waals surface area contributed by atoms with Gasteiger partial charge in [0.25, 0.3) is 0 Å². The Morgan fingerprint density at radius 3 is 2.18 bits per heavy atom. The number of rotatable bonds is 10. The average Bonchev–Trinajstić information content (AvgIpc) is 2.27. The van der Waals surface area contributed by atoms with Crippen molar-refractivity contribution >= 4 is 5.97 Å². The summed E-state index contributed by atoms with van der Waals surface area (Å²) < 4.78 is 5.08. The molecule has 0 aromatic heterocycles. The molecule has 0 unspecified atom stereocenters. The Bertz CT molecular complexity index is 215. The van der Waals surface area contributed by atoms with Gasteiger partial charge < -0.3 is 4.74 Å². The van der Waals surface area contributed by atoms with Crippen molar-refractivity contribution in [2.24, 2.45) is 0 Å². The van der Waals surface area contributed by atoms with Gasteiger partial charge in [0.1, 0.15) is 6.61 Å². The zero-order valence-electron chi connectivity index (χ0n) is 11.8. The summed E-state index contributed by atoms with van der Waals surface area (Å²) in [7, 11) is 0. The first-order valence-corrected chi connectivity index (χ1v) is 6.95. The Morgan fingerprint density at radius 1 is 1.00 bits per heavy atom. The van der Waals surface area contributed by atoms with E-state index < -0.39 is 0 Å². The Kier molecular flexibility index (Phi) is 11.1. The minimum Gasteiger partial charge on any atom is -0.461 e. The van der Waals surface area contributed by atoms with Crippen molar-refractivity contribution in [1.82, 2.24) is 0 Å². The summed E-state index contributed by atoms with van der Waals surface area (Å²) in [5.41, 5.74) is 1.19. The Hall–Kier alpha value is -0.790. The fourth-order valence-corrected chi connectivity index (χ4v) is 1.60. The highest BCUT2D eigenvalue weighted by molar-refractivity contribution is 5.69. The lowest BCUT2D eigenvalue weighted by Gasteiger charge is -2.02. The molecule has 0 N–H and O–H groups in total. The van der Waals surface area contributed by atoms with Crippen LogP contribution in [0.4, 0.5) is 0 Å². The van der Waals surface area contributed by atoms with Gasteiger partial charge in [0.05, 0.1) is 0 Å². The minimum atomic E-state index is -0.0592. The summed E-state index contributed by atoms with van der Waals surface area (Å²) in [4.78, 5) is 11.3. The topological polar surface area (TPSA) is 26.3 Å². The highest BCUT2D eigenvalue weighted by atomic mass is 16.5. The van der Waals surface area contributed by atoms with Gasteiger partial charge in [-0.2, -0.15) is 0 Å². The van der Waals surface area contributed by atoms with Crippen LogP contribution in [0.1, 0.15) is 72.1 Å². The summed E-state index contributed by atoms with van der Waals surface area (Å²) in [6.07, 6.45) is 11.2. The average molecular weight is 240 g/mol. The van der Waals surface area contributed by atoms with Crippen LogP contribution < -0.4 is 0 Å². The lowest BCUT2D eigenvalue weighted by Crippen LogP contribution is -2.04. The molecule has 0 aromatic rings. The molecule has 17 heavy (non-hydrogen) atoms. The molecule has 2 heteroatoms.